The number of ether oxygens (including phenoxy) is 1. The fourth-order valence-corrected chi connectivity index (χ4v) is 2.05. The highest BCUT2D eigenvalue weighted by Crippen LogP contribution is 2.18. The maximum atomic E-state index is 13.7. The number of halogens is 1. The molecule has 1 aromatic heterocycles. The number of hydrogen-bond donors (Lipinski definition) is 1. The third kappa shape index (κ3) is 2.43. The van der Waals surface area contributed by atoms with Crippen LogP contribution in [0.4, 0.5) is 10.2 Å². The number of nitrogens with two attached hydrogens (primary N) is 1. The van der Waals surface area contributed by atoms with Crippen LogP contribution in [-0.2, 0) is 4.74 Å². The molecule has 1 aliphatic heterocycles. The monoisotopic (exact) mass is 253 g/mol. The molecule has 0 unspecified atom stereocenters. The Labute approximate surface area is 105 Å². The molecule has 2 rings (SSSR count). The van der Waals surface area contributed by atoms with E-state index >= 15 is 0 Å². The second kappa shape index (κ2) is 5.30. The molecule has 1 amide bonds. The standard InChI is InChI=1S/C12H16FN3O2/c1-16(8-3-6-18-7-4-8)12(17)9-2-5-15-11(14)10(9)13/h2,5,8H,3-4,6-7H2,1H3,(H2,14,15). The van der Waals surface area contributed by atoms with Gasteiger partial charge in [0.2, 0.25) is 0 Å². The molecule has 0 bridgehead atoms. The van der Waals surface area contributed by atoms with E-state index in [0.717, 1.165) is 12.8 Å². The van der Waals surface area contributed by atoms with E-state index in [1.165, 1.54) is 12.3 Å². The van der Waals surface area contributed by atoms with E-state index in [-0.39, 0.29) is 23.3 Å². The Morgan fingerprint density at radius 1 is 1.56 bits per heavy atom. The van der Waals surface area contributed by atoms with Crippen molar-refractivity contribution in [1.29, 1.82) is 0 Å². The first-order chi connectivity index (χ1) is 8.61. The Bertz CT molecular complexity index is 447. The van der Waals surface area contributed by atoms with Crippen LogP contribution in [0.5, 0.6) is 0 Å². The third-order valence-electron chi connectivity index (χ3n) is 3.21. The van der Waals surface area contributed by atoms with E-state index in [1.54, 1.807) is 11.9 Å². The number of aromatic nitrogens is 1. The summed E-state index contributed by atoms with van der Waals surface area (Å²) in [5, 5.41) is 0. The Kier molecular flexibility index (Phi) is 3.76. The van der Waals surface area contributed by atoms with Crippen LogP contribution in [0, 0.1) is 5.82 Å². The van der Waals surface area contributed by atoms with Crippen molar-refractivity contribution in [3.05, 3.63) is 23.6 Å². The molecular formula is C12H16FN3O2. The van der Waals surface area contributed by atoms with Gasteiger partial charge in [0.15, 0.2) is 11.6 Å². The van der Waals surface area contributed by atoms with Crippen molar-refractivity contribution in [1.82, 2.24) is 9.88 Å². The molecule has 2 heterocycles. The lowest BCUT2D eigenvalue weighted by atomic mass is 10.1. The second-order valence-corrected chi connectivity index (χ2v) is 4.32. The van der Waals surface area contributed by atoms with E-state index in [2.05, 4.69) is 4.98 Å². The number of amides is 1. The van der Waals surface area contributed by atoms with Gasteiger partial charge >= 0.3 is 0 Å². The maximum Gasteiger partial charge on any atom is 0.257 e. The number of rotatable bonds is 2. The SMILES string of the molecule is CN(C(=O)c1ccnc(N)c1F)C1CCOCC1. The van der Waals surface area contributed by atoms with Crippen LogP contribution in [0.1, 0.15) is 23.2 Å². The van der Waals surface area contributed by atoms with E-state index < -0.39 is 5.82 Å². The molecule has 0 saturated carbocycles. The van der Waals surface area contributed by atoms with Gasteiger partial charge in [-0.15, -0.1) is 0 Å². The lowest BCUT2D eigenvalue weighted by Crippen LogP contribution is -2.41. The zero-order valence-electron chi connectivity index (χ0n) is 10.2. The van der Waals surface area contributed by atoms with Gasteiger partial charge in [0.05, 0.1) is 5.56 Å². The van der Waals surface area contributed by atoms with E-state index in [9.17, 15) is 9.18 Å². The number of carbonyl (C=O) groups is 1. The molecule has 5 nitrogen and oxygen atoms in total. The normalized spacial score (nSPS) is 16.6. The van der Waals surface area contributed by atoms with Gasteiger partial charge in [-0.1, -0.05) is 0 Å². The molecule has 18 heavy (non-hydrogen) atoms. The largest absolute Gasteiger partial charge is 0.381 e. The van der Waals surface area contributed by atoms with Crippen molar-refractivity contribution in [3.63, 3.8) is 0 Å². The van der Waals surface area contributed by atoms with Gasteiger partial charge in [-0.05, 0) is 18.9 Å². The fraction of sp³-hybridized carbons (Fsp3) is 0.500. The van der Waals surface area contributed by atoms with E-state index in [0.29, 0.717) is 13.2 Å². The van der Waals surface area contributed by atoms with Crippen molar-refractivity contribution in [2.75, 3.05) is 26.0 Å². The quantitative estimate of drug-likeness (QED) is 0.855. The minimum atomic E-state index is -0.749. The number of nitrogen functional groups attached to an aromatic ring is 1. The van der Waals surface area contributed by atoms with E-state index in [1.807, 2.05) is 0 Å². The Morgan fingerprint density at radius 3 is 2.89 bits per heavy atom. The first kappa shape index (κ1) is 12.8. The number of pyridine rings is 1. The highest BCUT2D eigenvalue weighted by molar-refractivity contribution is 5.95. The highest BCUT2D eigenvalue weighted by atomic mass is 19.1. The summed E-state index contributed by atoms with van der Waals surface area (Å²) >= 11 is 0. The van der Waals surface area contributed by atoms with Crippen LogP contribution >= 0.6 is 0 Å². The van der Waals surface area contributed by atoms with Gasteiger partial charge in [0, 0.05) is 32.5 Å². The molecule has 0 aromatic carbocycles. The molecule has 1 aliphatic rings. The Morgan fingerprint density at radius 2 is 2.22 bits per heavy atom. The molecule has 0 atom stereocenters. The molecule has 0 aliphatic carbocycles. The number of nitrogens with zero attached hydrogens (tertiary/aromatic N) is 2. The predicted octanol–water partition coefficient (Wildman–Crippen LogP) is 1.05. The van der Waals surface area contributed by atoms with Gasteiger partial charge in [0.1, 0.15) is 0 Å². The highest BCUT2D eigenvalue weighted by Gasteiger charge is 2.25. The maximum absolute atomic E-state index is 13.7. The van der Waals surface area contributed by atoms with Gasteiger partial charge < -0.3 is 15.4 Å². The minimum Gasteiger partial charge on any atom is -0.381 e. The lowest BCUT2D eigenvalue weighted by molar-refractivity contribution is 0.0359. The zero-order valence-corrected chi connectivity index (χ0v) is 10.2. The first-order valence-corrected chi connectivity index (χ1v) is 5.86. The summed E-state index contributed by atoms with van der Waals surface area (Å²) in [6.07, 6.45) is 2.87. The van der Waals surface area contributed by atoms with Crippen molar-refractivity contribution >= 4 is 11.7 Å². The molecule has 1 aromatic rings. The number of anilines is 1. The topological polar surface area (TPSA) is 68.5 Å². The van der Waals surface area contributed by atoms with Crippen molar-refractivity contribution in [2.45, 2.75) is 18.9 Å². The van der Waals surface area contributed by atoms with Gasteiger partial charge in [-0.2, -0.15) is 0 Å². The van der Waals surface area contributed by atoms with Crippen LogP contribution in [0.15, 0.2) is 12.3 Å². The molecule has 2 N–H and O–H groups in total. The second-order valence-electron chi connectivity index (χ2n) is 4.32. The number of carbonyl (C=O) groups excluding carboxylic acids is 1. The van der Waals surface area contributed by atoms with Crippen LogP contribution in [0.2, 0.25) is 0 Å². The fourth-order valence-electron chi connectivity index (χ4n) is 2.05. The van der Waals surface area contributed by atoms with Gasteiger partial charge in [-0.25, -0.2) is 9.37 Å². The molecule has 1 fully saturated rings. The average Bonchev–Trinajstić information content (AvgIpc) is 2.41. The van der Waals surface area contributed by atoms with Crippen molar-refractivity contribution < 1.29 is 13.9 Å². The van der Waals surface area contributed by atoms with E-state index in [4.69, 9.17) is 10.5 Å². The minimum absolute atomic E-state index is 0.0310. The molecule has 0 spiro atoms. The molecule has 98 valence electrons. The third-order valence-corrected chi connectivity index (χ3v) is 3.21. The summed E-state index contributed by atoms with van der Waals surface area (Å²) < 4.78 is 19.0. The summed E-state index contributed by atoms with van der Waals surface area (Å²) in [6, 6.07) is 1.43. The molecule has 0 radical (unpaired) electrons. The first-order valence-electron chi connectivity index (χ1n) is 5.86. The molecular weight excluding hydrogens is 237 g/mol. The Hall–Kier alpha value is -1.69. The number of hydrogen-bond acceptors (Lipinski definition) is 4. The molecule has 6 heteroatoms. The summed E-state index contributed by atoms with van der Waals surface area (Å²) in [6.45, 7) is 1.26. The van der Waals surface area contributed by atoms with Crippen molar-refractivity contribution in [3.8, 4) is 0 Å². The zero-order chi connectivity index (χ0) is 13.1. The predicted molar refractivity (Wildman–Crippen MR) is 64.5 cm³/mol. The summed E-state index contributed by atoms with van der Waals surface area (Å²) in [5.74, 6) is -1.36. The summed E-state index contributed by atoms with van der Waals surface area (Å²) in [5.41, 5.74) is 5.33. The Balaban J connectivity index is 2.17. The van der Waals surface area contributed by atoms with Crippen molar-refractivity contribution in [2.24, 2.45) is 0 Å². The lowest BCUT2D eigenvalue weighted by Gasteiger charge is -2.31. The van der Waals surface area contributed by atoms with Gasteiger partial charge in [0.25, 0.3) is 5.91 Å². The average molecular weight is 253 g/mol. The van der Waals surface area contributed by atoms with Crippen LogP contribution in [0.3, 0.4) is 0 Å². The van der Waals surface area contributed by atoms with Gasteiger partial charge in [-0.3, -0.25) is 4.79 Å². The molecule has 1 saturated heterocycles. The summed E-state index contributed by atoms with van der Waals surface area (Å²) in [4.78, 5) is 17.3. The smallest absolute Gasteiger partial charge is 0.257 e. The van der Waals surface area contributed by atoms with Crippen LogP contribution in [-0.4, -0.2) is 42.1 Å². The summed E-state index contributed by atoms with van der Waals surface area (Å²) in [7, 11) is 1.67. The van der Waals surface area contributed by atoms with Crippen LogP contribution < -0.4 is 5.73 Å². The van der Waals surface area contributed by atoms with Crippen LogP contribution in [0.25, 0.3) is 0 Å².